The zero-order valence-corrected chi connectivity index (χ0v) is 13.5. The molecule has 2 aromatic rings. The van der Waals surface area contributed by atoms with Crippen molar-refractivity contribution in [1.29, 1.82) is 0 Å². The van der Waals surface area contributed by atoms with E-state index in [1.807, 2.05) is 13.0 Å². The Labute approximate surface area is 140 Å². The standard InChI is InChI=1S/C18H17ClN2O2/c1-3-9-20-17(22)13-5-4-6-14(10-13)18(23)21-15-8-7-12(2)16(19)11-15/h3-8,10-11H,1,9H2,2H3,(H,20,22)(H,21,23). The van der Waals surface area contributed by atoms with E-state index in [1.54, 1.807) is 42.5 Å². The van der Waals surface area contributed by atoms with Crippen molar-refractivity contribution in [2.75, 3.05) is 11.9 Å². The fourth-order valence-corrected chi connectivity index (χ4v) is 2.12. The van der Waals surface area contributed by atoms with Crippen LogP contribution in [0, 0.1) is 6.92 Å². The molecule has 2 rings (SSSR count). The van der Waals surface area contributed by atoms with Crippen molar-refractivity contribution < 1.29 is 9.59 Å². The summed E-state index contributed by atoms with van der Waals surface area (Å²) in [6.07, 6.45) is 1.59. The highest BCUT2D eigenvalue weighted by Crippen LogP contribution is 2.20. The fraction of sp³-hybridized carbons (Fsp3) is 0.111. The molecule has 0 aliphatic carbocycles. The molecule has 0 aromatic heterocycles. The fourth-order valence-electron chi connectivity index (χ4n) is 1.94. The molecule has 0 spiro atoms. The van der Waals surface area contributed by atoms with E-state index < -0.39 is 0 Å². The Morgan fingerprint density at radius 1 is 1.13 bits per heavy atom. The minimum atomic E-state index is -0.303. The molecule has 0 saturated heterocycles. The first kappa shape index (κ1) is 16.8. The van der Waals surface area contributed by atoms with Gasteiger partial charge in [0, 0.05) is 28.4 Å². The maximum absolute atomic E-state index is 12.3. The highest BCUT2D eigenvalue weighted by Gasteiger charge is 2.10. The summed E-state index contributed by atoms with van der Waals surface area (Å²) in [5, 5.41) is 6.02. The van der Waals surface area contributed by atoms with Gasteiger partial charge >= 0.3 is 0 Å². The van der Waals surface area contributed by atoms with Gasteiger partial charge in [-0.1, -0.05) is 29.8 Å². The van der Waals surface area contributed by atoms with E-state index >= 15 is 0 Å². The monoisotopic (exact) mass is 328 g/mol. The van der Waals surface area contributed by atoms with Crippen LogP contribution in [0.2, 0.25) is 5.02 Å². The van der Waals surface area contributed by atoms with Crippen LogP contribution in [0.1, 0.15) is 26.3 Å². The Kier molecular flexibility index (Phi) is 5.55. The third-order valence-electron chi connectivity index (χ3n) is 3.22. The van der Waals surface area contributed by atoms with Crippen molar-refractivity contribution in [3.63, 3.8) is 0 Å². The molecule has 0 bridgehead atoms. The van der Waals surface area contributed by atoms with E-state index in [1.165, 1.54) is 0 Å². The Morgan fingerprint density at radius 3 is 2.48 bits per heavy atom. The lowest BCUT2D eigenvalue weighted by Gasteiger charge is -2.08. The van der Waals surface area contributed by atoms with Crippen LogP contribution in [-0.2, 0) is 0 Å². The first-order valence-corrected chi connectivity index (χ1v) is 7.45. The van der Waals surface area contributed by atoms with Gasteiger partial charge in [-0.25, -0.2) is 0 Å². The second-order valence-electron chi connectivity index (χ2n) is 5.00. The molecule has 5 heteroatoms. The number of benzene rings is 2. The number of rotatable bonds is 5. The summed E-state index contributed by atoms with van der Waals surface area (Å²) in [4.78, 5) is 24.2. The van der Waals surface area contributed by atoms with Gasteiger partial charge in [0.2, 0.25) is 0 Å². The molecule has 2 aromatic carbocycles. The van der Waals surface area contributed by atoms with Crippen LogP contribution in [0.4, 0.5) is 5.69 Å². The van der Waals surface area contributed by atoms with Gasteiger partial charge < -0.3 is 10.6 Å². The van der Waals surface area contributed by atoms with E-state index in [0.29, 0.717) is 28.4 Å². The number of hydrogen-bond donors (Lipinski definition) is 2. The average Bonchev–Trinajstić information content (AvgIpc) is 2.56. The number of aryl methyl sites for hydroxylation is 1. The number of carbonyl (C=O) groups is 2. The maximum Gasteiger partial charge on any atom is 0.255 e. The maximum atomic E-state index is 12.3. The van der Waals surface area contributed by atoms with E-state index in [2.05, 4.69) is 17.2 Å². The zero-order valence-electron chi connectivity index (χ0n) is 12.7. The van der Waals surface area contributed by atoms with E-state index in [0.717, 1.165) is 5.56 Å². The highest BCUT2D eigenvalue weighted by molar-refractivity contribution is 6.31. The van der Waals surface area contributed by atoms with Gasteiger partial charge in [-0.3, -0.25) is 9.59 Å². The van der Waals surface area contributed by atoms with Gasteiger partial charge in [0.05, 0.1) is 0 Å². The summed E-state index contributed by atoms with van der Waals surface area (Å²) < 4.78 is 0. The molecule has 23 heavy (non-hydrogen) atoms. The van der Waals surface area contributed by atoms with Gasteiger partial charge in [0.15, 0.2) is 0 Å². The summed E-state index contributed by atoms with van der Waals surface area (Å²) in [5.41, 5.74) is 2.35. The smallest absolute Gasteiger partial charge is 0.255 e. The number of anilines is 1. The second kappa shape index (κ2) is 7.61. The molecule has 0 atom stereocenters. The van der Waals surface area contributed by atoms with Crippen LogP contribution in [0.3, 0.4) is 0 Å². The summed E-state index contributed by atoms with van der Waals surface area (Å²) in [6, 6.07) is 11.8. The molecule has 0 radical (unpaired) electrons. The SMILES string of the molecule is C=CCNC(=O)c1cccc(C(=O)Nc2ccc(C)c(Cl)c2)c1. The predicted molar refractivity (Wildman–Crippen MR) is 93.1 cm³/mol. The van der Waals surface area contributed by atoms with Crippen LogP contribution >= 0.6 is 11.6 Å². The highest BCUT2D eigenvalue weighted by atomic mass is 35.5. The van der Waals surface area contributed by atoms with Crippen molar-refractivity contribution in [3.05, 3.63) is 76.8 Å². The van der Waals surface area contributed by atoms with Crippen LogP contribution in [0.25, 0.3) is 0 Å². The number of nitrogens with one attached hydrogen (secondary N) is 2. The molecule has 118 valence electrons. The lowest BCUT2D eigenvalue weighted by atomic mass is 10.1. The topological polar surface area (TPSA) is 58.2 Å². The normalized spacial score (nSPS) is 10.0. The molecule has 0 aliphatic heterocycles. The Balaban J connectivity index is 2.14. The molecule has 0 heterocycles. The molecule has 0 aliphatic rings. The molecule has 4 nitrogen and oxygen atoms in total. The van der Waals surface area contributed by atoms with Gasteiger partial charge in [0.25, 0.3) is 11.8 Å². The van der Waals surface area contributed by atoms with Gasteiger partial charge in [0.1, 0.15) is 0 Å². The first-order valence-electron chi connectivity index (χ1n) is 7.08. The largest absolute Gasteiger partial charge is 0.349 e. The van der Waals surface area contributed by atoms with E-state index in [-0.39, 0.29) is 11.8 Å². The van der Waals surface area contributed by atoms with Crippen molar-refractivity contribution in [2.24, 2.45) is 0 Å². The molecular weight excluding hydrogens is 312 g/mol. The summed E-state index contributed by atoms with van der Waals surface area (Å²) in [7, 11) is 0. The van der Waals surface area contributed by atoms with Crippen molar-refractivity contribution in [1.82, 2.24) is 5.32 Å². The van der Waals surface area contributed by atoms with Crippen molar-refractivity contribution >= 4 is 29.1 Å². The minimum absolute atomic E-state index is 0.252. The third-order valence-corrected chi connectivity index (χ3v) is 3.63. The number of halogens is 1. The lowest BCUT2D eigenvalue weighted by molar-refractivity contribution is 0.0958. The molecular formula is C18H17ClN2O2. The quantitative estimate of drug-likeness (QED) is 0.820. The van der Waals surface area contributed by atoms with Crippen LogP contribution < -0.4 is 10.6 Å². The minimum Gasteiger partial charge on any atom is -0.349 e. The summed E-state index contributed by atoms with van der Waals surface area (Å²) >= 11 is 6.05. The van der Waals surface area contributed by atoms with Crippen molar-refractivity contribution in [3.8, 4) is 0 Å². The molecule has 2 N–H and O–H groups in total. The summed E-state index contributed by atoms with van der Waals surface area (Å²) in [5.74, 6) is -0.554. The molecule has 2 amide bonds. The van der Waals surface area contributed by atoms with E-state index in [4.69, 9.17) is 11.6 Å². The van der Waals surface area contributed by atoms with Crippen LogP contribution in [0.5, 0.6) is 0 Å². The van der Waals surface area contributed by atoms with Gasteiger partial charge in [-0.05, 0) is 42.8 Å². The molecule has 0 unspecified atom stereocenters. The molecule has 0 fully saturated rings. The number of carbonyl (C=O) groups excluding carboxylic acids is 2. The second-order valence-corrected chi connectivity index (χ2v) is 5.40. The average molecular weight is 329 g/mol. The van der Waals surface area contributed by atoms with Crippen molar-refractivity contribution in [2.45, 2.75) is 6.92 Å². The third kappa shape index (κ3) is 4.44. The number of hydrogen-bond acceptors (Lipinski definition) is 2. The van der Waals surface area contributed by atoms with Gasteiger partial charge in [-0.15, -0.1) is 6.58 Å². The predicted octanol–water partition coefficient (Wildman–Crippen LogP) is 3.82. The zero-order chi connectivity index (χ0) is 16.8. The Morgan fingerprint density at radius 2 is 1.83 bits per heavy atom. The summed E-state index contributed by atoms with van der Waals surface area (Å²) in [6.45, 7) is 5.80. The molecule has 0 saturated carbocycles. The lowest BCUT2D eigenvalue weighted by Crippen LogP contribution is -2.23. The first-order chi connectivity index (χ1) is 11.0. The Bertz CT molecular complexity index is 756. The van der Waals surface area contributed by atoms with Crippen LogP contribution in [0.15, 0.2) is 55.1 Å². The number of amides is 2. The van der Waals surface area contributed by atoms with Crippen LogP contribution in [-0.4, -0.2) is 18.4 Å². The van der Waals surface area contributed by atoms with E-state index in [9.17, 15) is 9.59 Å². The Hall–Kier alpha value is -2.59. The van der Waals surface area contributed by atoms with Gasteiger partial charge in [-0.2, -0.15) is 0 Å².